The van der Waals surface area contributed by atoms with E-state index in [0.29, 0.717) is 22.9 Å². The first-order valence-corrected chi connectivity index (χ1v) is 7.47. The van der Waals surface area contributed by atoms with E-state index in [1.54, 1.807) is 10.5 Å². The molecule has 7 heteroatoms. The van der Waals surface area contributed by atoms with Crippen LogP contribution in [0, 0.1) is 13.8 Å². The van der Waals surface area contributed by atoms with E-state index >= 15 is 0 Å². The van der Waals surface area contributed by atoms with Crippen LogP contribution in [0.25, 0.3) is 17.1 Å². The summed E-state index contributed by atoms with van der Waals surface area (Å²) in [4.78, 5) is 15.2. The molecule has 5 nitrogen and oxygen atoms in total. The summed E-state index contributed by atoms with van der Waals surface area (Å²) in [7, 11) is 0. The molecule has 22 heavy (non-hydrogen) atoms. The number of furan rings is 1. The zero-order valence-electron chi connectivity index (χ0n) is 11.9. The Morgan fingerprint density at radius 2 is 2.05 bits per heavy atom. The highest BCUT2D eigenvalue weighted by Crippen LogP contribution is 2.30. The van der Waals surface area contributed by atoms with E-state index in [2.05, 4.69) is 10.3 Å². The standard InChI is InChI=1S/C15H13Cl2N3O2/c1-8-3-6-11-18-12(10-5-4-9(2)22-10)14(20(11)7-8)19-15(21)13(16)17/h3-7,13H,1-2H3,(H,19,21). The predicted octanol–water partition coefficient (Wildman–Crippen LogP) is 3.95. The first-order valence-electron chi connectivity index (χ1n) is 6.60. The molecule has 3 aromatic heterocycles. The number of nitrogens with zero attached hydrogens (tertiary/aromatic N) is 2. The molecule has 0 fully saturated rings. The lowest BCUT2D eigenvalue weighted by Crippen LogP contribution is -2.20. The average molecular weight is 338 g/mol. The lowest BCUT2D eigenvalue weighted by Gasteiger charge is -2.07. The maximum atomic E-state index is 11.9. The summed E-state index contributed by atoms with van der Waals surface area (Å²) in [5, 5.41) is 2.71. The third-order valence-corrected chi connectivity index (χ3v) is 3.58. The number of halogens is 2. The molecule has 3 rings (SSSR count). The Morgan fingerprint density at radius 1 is 1.27 bits per heavy atom. The van der Waals surface area contributed by atoms with Crippen LogP contribution in [0.3, 0.4) is 0 Å². The van der Waals surface area contributed by atoms with Crippen molar-refractivity contribution in [3.05, 3.63) is 41.8 Å². The third-order valence-electron chi connectivity index (χ3n) is 3.18. The highest BCUT2D eigenvalue weighted by molar-refractivity contribution is 6.54. The van der Waals surface area contributed by atoms with Gasteiger partial charge in [0, 0.05) is 6.20 Å². The van der Waals surface area contributed by atoms with E-state index in [9.17, 15) is 4.79 Å². The number of carbonyl (C=O) groups excluding carboxylic acids is 1. The minimum Gasteiger partial charge on any atom is -0.460 e. The molecular formula is C15H13Cl2N3O2. The molecule has 0 aliphatic heterocycles. The number of rotatable bonds is 3. The summed E-state index contributed by atoms with van der Waals surface area (Å²) in [6.07, 6.45) is 1.87. The van der Waals surface area contributed by atoms with Gasteiger partial charge in [-0.1, -0.05) is 29.3 Å². The Hall–Kier alpha value is -1.98. The number of imidazole rings is 1. The molecule has 3 heterocycles. The Bertz CT molecular complexity index is 852. The zero-order chi connectivity index (χ0) is 15.9. The van der Waals surface area contributed by atoms with Gasteiger partial charge in [0.1, 0.15) is 22.9 Å². The Morgan fingerprint density at radius 3 is 2.68 bits per heavy atom. The molecule has 0 atom stereocenters. The minimum absolute atomic E-state index is 0.476. The van der Waals surface area contributed by atoms with Crippen LogP contribution >= 0.6 is 23.2 Å². The predicted molar refractivity (Wildman–Crippen MR) is 86.5 cm³/mol. The Balaban J connectivity index is 2.19. The van der Waals surface area contributed by atoms with E-state index in [0.717, 1.165) is 11.3 Å². The Labute approximate surface area is 136 Å². The summed E-state index contributed by atoms with van der Waals surface area (Å²) in [5.74, 6) is 1.28. The van der Waals surface area contributed by atoms with Crippen molar-refractivity contribution in [2.45, 2.75) is 18.7 Å². The molecule has 0 saturated carbocycles. The Kier molecular flexibility index (Phi) is 3.85. The molecule has 0 unspecified atom stereocenters. The SMILES string of the molecule is Cc1ccc2nc(-c3ccc(C)o3)c(NC(=O)C(Cl)Cl)n2c1. The minimum atomic E-state index is -1.17. The summed E-state index contributed by atoms with van der Waals surface area (Å²) < 4.78 is 7.39. The lowest BCUT2D eigenvalue weighted by molar-refractivity contribution is -0.114. The maximum absolute atomic E-state index is 11.9. The second-order valence-electron chi connectivity index (χ2n) is 4.94. The van der Waals surface area contributed by atoms with E-state index in [1.165, 1.54) is 0 Å². The topological polar surface area (TPSA) is 59.5 Å². The summed E-state index contributed by atoms with van der Waals surface area (Å²) in [6.45, 7) is 3.79. The largest absolute Gasteiger partial charge is 0.460 e. The third kappa shape index (κ3) is 2.69. The smallest absolute Gasteiger partial charge is 0.258 e. The van der Waals surface area contributed by atoms with Crippen molar-refractivity contribution in [3.63, 3.8) is 0 Å². The van der Waals surface area contributed by atoms with Crippen LogP contribution in [0.1, 0.15) is 11.3 Å². The van der Waals surface area contributed by atoms with Gasteiger partial charge in [-0.15, -0.1) is 0 Å². The highest BCUT2D eigenvalue weighted by Gasteiger charge is 2.21. The van der Waals surface area contributed by atoms with Crippen LogP contribution in [-0.4, -0.2) is 20.1 Å². The molecule has 1 amide bonds. The van der Waals surface area contributed by atoms with Gasteiger partial charge in [-0.2, -0.15) is 0 Å². The highest BCUT2D eigenvalue weighted by atomic mass is 35.5. The van der Waals surface area contributed by atoms with Gasteiger partial charge < -0.3 is 9.73 Å². The summed E-state index contributed by atoms with van der Waals surface area (Å²) >= 11 is 11.3. The van der Waals surface area contributed by atoms with Crippen molar-refractivity contribution in [2.24, 2.45) is 0 Å². The molecule has 0 saturated heterocycles. The molecule has 114 valence electrons. The molecule has 0 spiro atoms. The normalized spacial score (nSPS) is 11.3. The molecule has 3 aromatic rings. The van der Waals surface area contributed by atoms with E-state index in [1.807, 2.05) is 38.2 Å². The second kappa shape index (κ2) is 5.66. The monoisotopic (exact) mass is 337 g/mol. The molecule has 1 N–H and O–H groups in total. The van der Waals surface area contributed by atoms with E-state index < -0.39 is 10.7 Å². The number of aryl methyl sites for hydroxylation is 2. The number of alkyl halides is 2. The molecule has 0 aromatic carbocycles. The molecule has 0 aliphatic carbocycles. The first-order chi connectivity index (χ1) is 10.5. The average Bonchev–Trinajstić information content (AvgIpc) is 3.03. The number of hydrogen-bond acceptors (Lipinski definition) is 3. The number of carbonyl (C=O) groups is 1. The van der Waals surface area contributed by atoms with Crippen LogP contribution in [0.2, 0.25) is 0 Å². The molecular weight excluding hydrogens is 325 g/mol. The maximum Gasteiger partial charge on any atom is 0.258 e. The number of amides is 1. The second-order valence-corrected chi connectivity index (χ2v) is 6.04. The van der Waals surface area contributed by atoms with Crippen molar-refractivity contribution in [1.82, 2.24) is 9.38 Å². The quantitative estimate of drug-likeness (QED) is 0.736. The van der Waals surface area contributed by atoms with Crippen LogP contribution < -0.4 is 5.32 Å². The van der Waals surface area contributed by atoms with Crippen LogP contribution in [0.4, 0.5) is 5.82 Å². The molecule has 0 radical (unpaired) electrons. The van der Waals surface area contributed by atoms with E-state index in [4.69, 9.17) is 27.6 Å². The van der Waals surface area contributed by atoms with Crippen molar-refractivity contribution < 1.29 is 9.21 Å². The summed E-state index contributed by atoms with van der Waals surface area (Å²) in [6, 6.07) is 7.45. The van der Waals surface area contributed by atoms with Crippen LogP contribution in [-0.2, 0) is 4.79 Å². The van der Waals surface area contributed by atoms with Gasteiger partial charge in [0.2, 0.25) is 0 Å². The van der Waals surface area contributed by atoms with Gasteiger partial charge in [-0.05, 0) is 37.6 Å². The lowest BCUT2D eigenvalue weighted by atomic mass is 10.3. The van der Waals surface area contributed by atoms with Gasteiger partial charge in [0.05, 0.1) is 0 Å². The van der Waals surface area contributed by atoms with Crippen molar-refractivity contribution in [3.8, 4) is 11.5 Å². The zero-order valence-corrected chi connectivity index (χ0v) is 13.4. The number of fused-ring (bicyclic) bond motifs is 1. The van der Waals surface area contributed by atoms with Crippen molar-refractivity contribution in [2.75, 3.05) is 5.32 Å². The van der Waals surface area contributed by atoms with Gasteiger partial charge in [-0.3, -0.25) is 9.20 Å². The fraction of sp³-hybridized carbons (Fsp3) is 0.200. The first kappa shape index (κ1) is 14.9. The number of pyridine rings is 1. The molecule has 0 aliphatic rings. The fourth-order valence-corrected chi connectivity index (χ4v) is 2.28. The van der Waals surface area contributed by atoms with Gasteiger partial charge in [0.25, 0.3) is 5.91 Å². The van der Waals surface area contributed by atoms with Gasteiger partial charge >= 0.3 is 0 Å². The number of hydrogen-bond donors (Lipinski definition) is 1. The molecule has 0 bridgehead atoms. The van der Waals surface area contributed by atoms with E-state index in [-0.39, 0.29) is 0 Å². The van der Waals surface area contributed by atoms with Gasteiger partial charge in [0.15, 0.2) is 10.6 Å². The number of anilines is 1. The fourth-order valence-electron chi connectivity index (χ4n) is 2.18. The summed E-state index contributed by atoms with van der Waals surface area (Å²) in [5.41, 5.74) is 2.24. The van der Waals surface area contributed by atoms with Crippen LogP contribution in [0.15, 0.2) is 34.9 Å². The van der Waals surface area contributed by atoms with Crippen LogP contribution in [0.5, 0.6) is 0 Å². The van der Waals surface area contributed by atoms with Crippen molar-refractivity contribution in [1.29, 1.82) is 0 Å². The number of aromatic nitrogens is 2. The number of nitrogens with one attached hydrogen (secondary N) is 1. The van der Waals surface area contributed by atoms with Gasteiger partial charge in [-0.25, -0.2) is 4.98 Å². The van der Waals surface area contributed by atoms with Crippen molar-refractivity contribution >= 4 is 40.6 Å².